The lowest BCUT2D eigenvalue weighted by Crippen LogP contribution is -2.42. The third-order valence-corrected chi connectivity index (χ3v) is 4.94. The van der Waals surface area contributed by atoms with Crippen LogP contribution in [0.5, 0.6) is 0 Å². The summed E-state index contributed by atoms with van der Waals surface area (Å²) >= 11 is 0. The molecule has 1 saturated carbocycles. The van der Waals surface area contributed by atoms with Crippen molar-refractivity contribution in [1.82, 2.24) is 4.90 Å². The maximum atomic E-state index is 13.9. The van der Waals surface area contributed by atoms with Crippen molar-refractivity contribution < 1.29 is 19.0 Å². The van der Waals surface area contributed by atoms with Crippen LogP contribution in [0.2, 0.25) is 0 Å². The highest BCUT2D eigenvalue weighted by Crippen LogP contribution is 2.38. The first-order valence-corrected chi connectivity index (χ1v) is 8.36. The first-order valence-electron chi connectivity index (χ1n) is 8.36. The zero-order chi connectivity index (χ0) is 16.6. The average molecular weight is 321 g/mol. The molecule has 2 aliphatic rings. The van der Waals surface area contributed by atoms with E-state index in [-0.39, 0.29) is 30.5 Å². The van der Waals surface area contributed by atoms with Crippen LogP contribution in [-0.2, 0) is 11.3 Å². The number of carbonyl (C=O) groups is 1. The third-order valence-electron chi connectivity index (χ3n) is 4.94. The van der Waals surface area contributed by atoms with E-state index in [0.717, 1.165) is 19.3 Å². The number of benzene rings is 1. The van der Waals surface area contributed by atoms with Gasteiger partial charge in [0.25, 0.3) is 5.91 Å². The van der Waals surface area contributed by atoms with E-state index in [1.165, 1.54) is 12.1 Å². The van der Waals surface area contributed by atoms with Gasteiger partial charge in [-0.3, -0.25) is 4.79 Å². The molecule has 4 nitrogen and oxygen atoms in total. The molecule has 1 aliphatic heterocycles. The Morgan fingerprint density at radius 2 is 2.17 bits per heavy atom. The second-order valence-corrected chi connectivity index (χ2v) is 6.85. The number of hydrogen-bond donors (Lipinski definition) is 1. The number of halogens is 1. The van der Waals surface area contributed by atoms with Crippen LogP contribution < -0.4 is 0 Å². The summed E-state index contributed by atoms with van der Waals surface area (Å²) < 4.78 is 19.3. The number of carbonyl (C=O) groups excluding carboxylic acids is 1. The molecule has 1 heterocycles. The molecule has 0 bridgehead atoms. The molecule has 2 fully saturated rings. The van der Waals surface area contributed by atoms with Crippen LogP contribution >= 0.6 is 0 Å². The van der Waals surface area contributed by atoms with E-state index in [0.29, 0.717) is 23.6 Å². The normalized spacial score (nSPS) is 26.8. The highest BCUT2D eigenvalue weighted by atomic mass is 19.1. The molecular weight excluding hydrogens is 297 g/mol. The number of hydrogen-bond acceptors (Lipinski definition) is 3. The predicted octanol–water partition coefficient (Wildman–Crippen LogP) is 2.74. The minimum absolute atomic E-state index is 0.00161. The largest absolute Gasteiger partial charge is 0.391 e. The molecule has 23 heavy (non-hydrogen) atoms. The van der Waals surface area contributed by atoms with Crippen molar-refractivity contribution in [3.05, 3.63) is 35.1 Å². The van der Waals surface area contributed by atoms with Crippen molar-refractivity contribution in [3.8, 4) is 0 Å². The molecule has 1 amide bonds. The molecule has 0 aromatic heterocycles. The summed E-state index contributed by atoms with van der Waals surface area (Å²) in [5.74, 6) is -0.0789. The first kappa shape index (κ1) is 16.4. The summed E-state index contributed by atoms with van der Waals surface area (Å²) in [4.78, 5) is 14.6. The lowest BCUT2D eigenvalue weighted by atomic mass is 10.0. The van der Waals surface area contributed by atoms with E-state index >= 15 is 0 Å². The summed E-state index contributed by atoms with van der Waals surface area (Å²) in [7, 11) is 0. The smallest absolute Gasteiger partial charge is 0.254 e. The molecule has 3 rings (SSSR count). The number of aliphatic hydroxyl groups is 1. The predicted molar refractivity (Wildman–Crippen MR) is 84.5 cm³/mol. The Kier molecular flexibility index (Phi) is 4.69. The van der Waals surface area contributed by atoms with Gasteiger partial charge in [0.1, 0.15) is 5.82 Å². The van der Waals surface area contributed by atoms with Crippen LogP contribution in [-0.4, -0.2) is 40.7 Å². The molecule has 0 spiro atoms. The van der Waals surface area contributed by atoms with Crippen molar-refractivity contribution in [2.75, 3.05) is 6.54 Å². The maximum Gasteiger partial charge on any atom is 0.254 e. The molecule has 1 N–H and O–H groups in total. The molecule has 0 unspecified atom stereocenters. The Labute approximate surface area is 136 Å². The van der Waals surface area contributed by atoms with Gasteiger partial charge in [0.15, 0.2) is 0 Å². The average Bonchev–Trinajstić information content (AvgIpc) is 3.09. The molecule has 1 saturated heterocycles. The summed E-state index contributed by atoms with van der Waals surface area (Å²) in [6.07, 6.45) is 2.25. The fraction of sp³-hybridized carbons (Fsp3) is 0.611. The van der Waals surface area contributed by atoms with Gasteiger partial charge in [-0.1, -0.05) is 0 Å². The van der Waals surface area contributed by atoms with E-state index in [1.54, 1.807) is 11.0 Å². The van der Waals surface area contributed by atoms with Gasteiger partial charge in [-0.15, -0.1) is 0 Å². The topological polar surface area (TPSA) is 49.8 Å². The molecule has 3 atom stereocenters. The minimum Gasteiger partial charge on any atom is -0.391 e. The van der Waals surface area contributed by atoms with E-state index in [2.05, 4.69) is 0 Å². The quantitative estimate of drug-likeness (QED) is 0.928. The standard InChI is InChI=1S/C18H24FNO3/c1-11(2)23-10-14-9-13(3-5-15(14)19)18(22)20-8-7-12-4-6-16(21)17(12)20/h3,5,9,11-12,16-17,21H,4,6-8,10H2,1-2H3/t12-,16+,17+/m0/s1. The number of likely N-dealkylation sites (tertiary alicyclic amines) is 1. The minimum atomic E-state index is -0.435. The van der Waals surface area contributed by atoms with Crippen molar-refractivity contribution in [2.24, 2.45) is 5.92 Å². The Bertz CT molecular complexity index is 590. The number of rotatable bonds is 4. The fourth-order valence-electron chi connectivity index (χ4n) is 3.75. The van der Waals surface area contributed by atoms with Crippen LogP contribution in [0.4, 0.5) is 4.39 Å². The molecule has 0 radical (unpaired) electrons. The molecule has 1 aliphatic carbocycles. The molecule has 1 aromatic carbocycles. The maximum absolute atomic E-state index is 13.9. The van der Waals surface area contributed by atoms with E-state index in [4.69, 9.17) is 4.74 Å². The number of aliphatic hydroxyl groups excluding tert-OH is 1. The second kappa shape index (κ2) is 6.57. The fourth-order valence-corrected chi connectivity index (χ4v) is 3.75. The lowest BCUT2D eigenvalue weighted by molar-refractivity contribution is 0.0529. The second-order valence-electron chi connectivity index (χ2n) is 6.85. The Balaban J connectivity index is 1.78. The summed E-state index contributed by atoms with van der Waals surface area (Å²) in [6.45, 7) is 4.59. The lowest BCUT2D eigenvalue weighted by Gasteiger charge is -2.27. The molecule has 1 aromatic rings. The Hall–Kier alpha value is -1.46. The highest BCUT2D eigenvalue weighted by Gasteiger charge is 2.45. The number of nitrogens with zero attached hydrogens (tertiary/aromatic N) is 1. The van der Waals surface area contributed by atoms with Crippen LogP contribution in [0.3, 0.4) is 0 Å². The Morgan fingerprint density at radius 3 is 2.91 bits per heavy atom. The van der Waals surface area contributed by atoms with Gasteiger partial charge in [-0.05, 0) is 57.2 Å². The van der Waals surface area contributed by atoms with Gasteiger partial charge in [-0.25, -0.2) is 4.39 Å². The van der Waals surface area contributed by atoms with Crippen LogP contribution in [0.25, 0.3) is 0 Å². The summed E-state index contributed by atoms with van der Waals surface area (Å²) in [5.41, 5.74) is 0.862. The first-order chi connectivity index (χ1) is 11.0. The third kappa shape index (κ3) is 3.26. The molecule has 5 heteroatoms. The highest BCUT2D eigenvalue weighted by molar-refractivity contribution is 5.95. The zero-order valence-corrected chi connectivity index (χ0v) is 13.7. The monoisotopic (exact) mass is 321 g/mol. The number of fused-ring (bicyclic) bond motifs is 1. The summed E-state index contributed by atoms with van der Waals surface area (Å²) in [5, 5.41) is 10.1. The van der Waals surface area contributed by atoms with Gasteiger partial charge >= 0.3 is 0 Å². The SMILES string of the molecule is CC(C)OCc1cc(C(=O)N2CC[C@@H]3CC[C@@H](O)[C@@H]32)ccc1F. The number of ether oxygens (including phenoxy) is 1. The van der Waals surface area contributed by atoms with E-state index in [1.807, 2.05) is 13.8 Å². The van der Waals surface area contributed by atoms with Gasteiger partial charge < -0.3 is 14.7 Å². The van der Waals surface area contributed by atoms with Gasteiger partial charge in [0.2, 0.25) is 0 Å². The van der Waals surface area contributed by atoms with Crippen molar-refractivity contribution in [3.63, 3.8) is 0 Å². The van der Waals surface area contributed by atoms with Crippen LogP contribution in [0.1, 0.15) is 49.0 Å². The number of amides is 1. The summed E-state index contributed by atoms with van der Waals surface area (Å²) in [6, 6.07) is 4.34. The van der Waals surface area contributed by atoms with Crippen molar-refractivity contribution in [1.29, 1.82) is 0 Å². The Morgan fingerprint density at radius 1 is 1.39 bits per heavy atom. The zero-order valence-electron chi connectivity index (χ0n) is 13.7. The molecular formula is C18H24FNO3. The van der Waals surface area contributed by atoms with Gasteiger partial charge in [0.05, 0.1) is 24.9 Å². The molecule has 126 valence electrons. The van der Waals surface area contributed by atoms with E-state index in [9.17, 15) is 14.3 Å². The van der Waals surface area contributed by atoms with Crippen molar-refractivity contribution >= 4 is 5.91 Å². The van der Waals surface area contributed by atoms with Gasteiger partial charge in [0, 0.05) is 17.7 Å². The van der Waals surface area contributed by atoms with Crippen molar-refractivity contribution in [2.45, 2.75) is 58.0 Å². The van der Waals surface area contributed by atoms with Crippen LogP contribution in [0, 0.1) is 11.7 Å². The van der Waals surface area contributed by atoms with Gasteiger partial charge in [-0.2, -0.15) is 0 Å². The van der Waals surface area contributed by atoms with E-state index < -0.39 is 6.10 Å². The van der Waals surface area contributed by atoms with Crippen LogP contribution in [0.15, 0.2) is 18.2 Å².